The number of aliphatic hydroxyl groups is 1. The van der Waals surface area contributed by atoms with Gasteiger partial charge in [0.2, 0.25) is 0 Å². The van der Waals surface area contributed by atoms with Gasteiger partial charge in [0.1, 0.15) is 0 Å². The topological polar surface area (TPSA) is 23.5 Å². The second-order valence-electron chi connectivity index (χ2n) is 5.88. The van der Waals surface area contributed by atoms with E-state index >= 15 is 0 Å². The van der Waals surface area contributed by atoms with E-state index in [1.165, 1.54) is 18.4 Å². The normalized spacial score (nSPS) is 18.5. The molecule has 110 valence electrons. The maximum absolute atomic E-state index is 10.9. The predicted octanol–water partition coefficient (Wildman–Crippen LogP) is 3.60. The van der Waals surface area contributed by atoms with Gasteiger partial charge in [0.05, 0.1) is 6.10 Å². The van der Waals surface area contributed by atoms with Crippen LogP contribution in [0.5, 0.6) is 0 Å². The van der Waals surface area contributed by atoms with Gasteiger partial charge in [0.15, 0.2) is 0 Å². The van der Waals surface area contributed by atoms with E-state index in [0.717, 1.165) is 25.2 Å². The Hall–Kier alpha value is -1.64. The smallest absolute Gasteiger partial charge is 0.0870 e. The highest BCUT2D eigenvalue weighted by Crippen LogP contribution is 2.32. The minimum Gasteiger partial charge on any atom is -0.388 e. The van der Waals surface area contributed by atoms with Gasteiger partial charge >= 0.3 is 0 Å². The van der Waals surface area contributed by atoms with Crippen molar-refractivity contribution in [2.24, 2.45) is 0 Å². The maximum atomic E-state index is 10.9. The van der Waals surface area contributed by atoms with Crippen LogP contribution in [0.2, 0.25) is 0 Å². The third kappa shape index (κ3) is 3.52. The molecule has 3 rings (SSSR count). The summed E-state index contributed by atoms with van der Waals surface area (Å²) >= 11 is 0. The molecule has 2 aromatic carbocycles. The largest absolute Gasteiger partial charge is 0.388 e. The molecule has 1 fully saturated rings. The molecule has 1 aliphatic heterocycles. The van der Waals surface area contributed by atoms with Crippen LogP contribution in [0.4, 0.5) is 0 Å². The highest BCUT2D eigenvalue weighted by atomic mass is 16.3. The van der Waals surface area contributed by atoms with Gasteiger partial charge in [-0.15, -0.1) is 0 Å². The number of benzene rings is 2. The van der Waals surface area contributed by atoms with Crippen LogP contribution in [0.3, 0.4) is 0 Å². The minimum atomic E-state index is -0.450. The van der Waals surface area contributed by atoms with Crippen molar-refractivity contribution in [3.63, 3.8) is 0 Å². The van der Waals surface area contributed by atoms with Crippen LogP contribution in [0.25, 0.3) is 0 Å². The van der Waals surface area contributed by atoms with E-state index in [-0.39, 0.29) is 5.92 Å². The van der Waals surface area contributed by atoms with Crippen LogP contribution in [0.1, 0.15) is 36.0 Å². The lowest BCUT2D eigenvalue weighted by Gasteiger charge is -2.28. The summed E-state index contributed by atoms with van der Waals surface area (Å²) in [5.41, 5.74) is 2.23. The van der Waals surface area contributed by atoms with Gasteiger partial charge < -0.3 is 10.0 Å². The monoisotopic (exact) mass is 281 g/mol. The van der Waals surface area contributed by atoms with Crippen molar-refractivity contribution in [2.75, 3.05) is 19.6 Å². The van der Waals surface area contributed by atoms with E-state index in [1.54, 1.807) is 0 Å². The number of likely N-dealkylation sites (tertiary alicyclic amines) is 1. The van der Waals surface area contributed by atoms with E-state index in [4.69, 9.17) is 0 Å². The number of aliphatic hydroxyl groups excluding tert-OH is 1. The Bertz CT molecular complexity index is 534. The summed E-state index contributed by atoms with van der Waals surface area (Å²) in [6, 6.07) is 20.4. The summed E-state index contributed by atoms with van der Waals surface area (Å²) in [6.45, 7) is 3.25. The van der Waals surface area contributed by atoms with Crippen molar-refractivity contribution < 1.29 is 5.11 Å². The first-order valence-corrected chi connectivity index (χ1v) is 7.85. The molecule has 1 N–H and O–H groups in total. The molecule has 0 amide bonds. The molecule has 0 radical (unpaired) electrons. The van der Waals surface area contributed by atoms with E-state index in [2.05, 4.69) is 29.2 Å². The number of rotatable bonds is 5. The number of hydrogen-bond donors (Lipinski definition) is 1. The molecular weight excluding hydrogens is 258 g/mol. The Kier molecular flexibility index (Phi) is 4.69. The van der Waals surface area contributed by atoms with Gasteiger partial charge in [-0.3, -0.25) is 0 Å². The molecule has 2 heteroatoms. The second kappa shape index (κ2) is 6.88. The van der Waals surface area contributed by atoms with Crippen molar-refractivity contribution >= 4 is 0 Å². The number of nitrogens with zero attached hydrogens (tertiary/aromatic N) is 1. The summed E-state index contributed by atoms with van der Waals surface area (Å²) in [5, 5.41) is 10.9. The molecule has 0 unspecified atom stereocenters. The lowest BCUT2D eigenvalue weighted by atomic mass is 9.88. The standard InChI is InChI=1S/C19H23NO/c21-19(17-11-5-2-6-12-17)18(15-20-13-7-8-14-20)16-9-3-1-4-10-16/h1-6,9-12,18-19,21H,7-8,13-15H2/t18-,19+/m0/s1. The van der Waals surface area contributed by atoms with Gasteiger partial charge in [0, 0.05) is 12.5 Å². The van der Waals surface area contributed by atoms with E-state index in [1.807, 2.05) is 36.4 Å². The molecule has 2 aromatic rings. The third-order valence-electron chi connectivity index (χ3n) is 4.40. The van der Waals surface area contributed by atoms with E-state index < -0.39 is 6.10 Å². The Balaban J connectivity index is 1.84. The molecule has 2 nitrogen and oxygen atoms in total. The highest BCUT2D eigenvalue weighted by molar-refractivity contribution is 5.27. The zero-order valence-corrected chi connectivity index (χ0v) is 12.4. The summed E-state index contributed by atoms with van der Waals surface area (Å²) < 4.78 is 0. The van der Waals surface area contributed by atoms with Crippen LogP contribution in [0, 0.1) is 0 Å². The fourth-order valence-corrected chi connectivity index (χ4v) is 3.21. The Morgan fingerprint density at radius 3 is 1.90 bits per heavy atom. The fraction of sp³-hybridized carbons (Fsp3) is 0.368. The van der Waals surface area contributed by atoms with Crippen molar-refractivity contribution in [1.29, 1.82) is 0 Å². The van der Waals surface area contributed by atoms with Gasteiger partial charge in [0.25, 0.3) is 0 Å². The van der Waals surface area contributed by atoms with Crippen molar-refractivity contribution in [3.8, 4) is 0 Å². The maximum Gasteiger partial charge on any atom is 0.0870 e. The fourth-order valence-electron chi connectivity index (χ4n) is 3.21. The van der Waals surface area contributed by atoms with Crippen LogP contribution < -0.4 is 0 Å². The highest BCUT2D eigenvalue weighted by Gasteiger charge is 2.26. The van der Waals surface area contributed by atoms with Gasteiger partial charge in [-0.1, -0.05) is 60.7 Å². The summed E-state index contributed by atoms with van der Waals surface area (Å²) in [4.78, 5) is 2.48. The molecule has 1 saturated heterocycles. The third-order valence-corrected chi connectivity index (χ3v) is 4.40. The minimum absolute atomic E-state index is 0.131. The van der Waals surface area contributed by atoms with Crippen molar-refractivity contribution in [3.05, 3.63) is 71.8 Å². The lowest BCUT2D eigenvalue weighted by Crippen LogP contribution is -2.29. The van der Waals surface area contributed by atoms with Gasteiger partial charge in [-0.05, 0) is 37.1 Å². The second-order valence-corrected chi connectivity index (χ2v) is 5.88. The molecule has 0 saturated carbocycles. The first-order chi connectivity index (χ1) is 10.3. The molecule has 2 atom stereocenters. The van der Waals surface area contributed by atoms with Crippen LogP contribution >= 0.6 is 0 Å². The quantitative estimate of drug-likeness (QED) is 0.905. The first-order valence-electron chi connectivity index (χ1n) is 7.85. The van der Waals surface area contributed by atoms with Crippen LogP contribution in [-0.4, -0.2) is 29.6 Å². The summed E-state index contributed by atoms with van der Waals surface area (Å²) in [6.07, 6.45) is 2.11. The summed E-state index contributed by atoms with van der Waals surface area (Å²) in [5.74, 6) is 0.131. The molecule has 0 spiro atoms. The average molecular weight is 281 g/mol. The molecule has 0 bridgehead atoms. The lowest BCUT2D eigenvalue weighted by molar-refractivity contribution is 0.123. The van der Waals surface area contributed by atoms with E-state index in [0.29, 0.717) is 0 Å². The van der Waals surface area contributed by atoms with Gasteiger partial charge in [-0.2, -0.15) is 0 Å². The molecule has 1 heterocycles. The van der Waals surface area contributed by atoms with Crippen molar-refractivity contribution in [2.45, 2.75) is 24.9 Å². The Morgan fingerprint density at radius 1 is 0.810 bits per heavy atom. The van der Waals surface area contributed by atoms with Crippen LogP contribution in [0.15, 0.2) is 60.7 Å². The van der Waals surface area contributed by atoms with Crippen molar-refractivity contribution in [1.82, 2.24) is 4.90 Å². The molecule has 0 aromatic heterocycles. The first kappa shape index (κ1) is 14.3. The molecule has 0 aliphatic carbocycles. The molecule has 1 aliphatic rings. The summed E-state index contributed by atoms with van der Waals surface area (Å²) in [7, 11) is 0. The predicted molar refractivity (Wildman–Crippen MR) is 86.3 cm³/mol. The Labute approximate surface area is 127 Å². The van der Waals surface area contributed by atoms with Gasteiger partial charge in [-0.25, -0.2) is 0 Å². The number of hydrogen-bond acceptors (Lipinski definition) is 2. The zero-order chi connectivity index (χ0) is 14.5. The van der Waals surface area contributed by atoms with Crippen LogP contribution in [-0.2, 0) is 0 Å². The molecule has 21 heavy (non-hydrogen) atoms. The average Bonchev–Trinajstić information content (AvgIpc) is 3.07. The molecular formula is C19H23NO. The van der Waals surface area contributed by atoms with E-state index in [9.17, 15) is 5.11 Å². The SMILES string of the molecule is O[C@H](c1ccccc1)[C@@H](CN1CCCC1)c1ccccc1. The Morgan fingerprint density at radius 2 is 1.33 bits per heavy atom. The zero-order valence-electron chi connectivity index (χ0n) is 12.4.